The van der Waals surface area contributed by atoms with Crippen LogP contribution in [-0.4, -0.2) is 57.3 Å². The number of H-pyrrole nitrogens is 1. The van der Waals surface area contributed by atoms with Gasteiger partial charge in [-0.25, -0.2) is 9.97 Å². The number of nitrogens with one attached hydrogen (secondary N) is 1. The van der Waals surface area contributed by atoms with E-state index < -0.39 is 0 Å². The van der Waals surface area contributed by atoms with E-state index in [-0.39, 0.29) is 12.0 Å². The summed E-state index contributed by atoms with van der Waals surface area (Å²) in [6.45, 7) is 1.14. The van der Waals surface area contributed by atoms with E-state index in [0.29, 0.717) is 36.2 Å². The molecule has 2 aromatic heterocycles. The molecule has 1 unspecified atom stereocenters. The second-order valence-electron chi connectivity index (χ2n) is 6.68. The Kier molecular flexibility index (Phi) is 5.75. The van der Waals surface area contributed by atoms with E-state index in [1.54, 1.807) is 30.5 Å². The van der Waals surface area contributed by atoms with Crippen molar-refractivity contribution in [1.29, 1.82) is 0 Å². The number of aromatic nitrogens is 4. The van der Waals surface area contributed by atoms with Crippen molar-refractivity contribution in [2.24, 2.45) is 0 Å². The monoisotopic (exact) mass is 457 g/mol. The molecular formula is C20H20BrN5O3. The van der Waals surface area contributed by atoms with Crippen LogP contribution in [0.1, 0.15) is 23.3 Å². The average Bonchev–Trinajstić information content (AvgIpc) is 3.25. The van der Waals surface area contributed by atoms with Crippen molar-refractivity contribution < 1.29 is 14.3 Å². The summed E-state index contributed by atoms with van der Waals surface area (Å²) in [5.74, 6) is 0.600. The number of carbonyl (C=O) groups is 1. The Bertz CT molecular complexity index is 992. The molecule has 1 atom stereocenters. The minimum Gasteiger partial charge on any atom is -0.496 e. The van der Waals surface area contributed by atoms with Gasteiger partial charge in [0.15, 0.2) is 0 Å². The van der Waals surface area contributed by atoms with Crippen molar-refractivity contribution in [2.45, 2.75) is 18.9 Å². The van der Waals surface area contributed by atoms with Gasteiger partial charge in [-0.05, 0) is 47.0 Å². The maximum Gasteiger partial charge on any atom is 0.316 e. The zero-order chi connectivity index (χ0) is 20.2. The van der Waals surface area contributed by atoms with Gasteiger partial charge < -0.3 is 14.4 Å². The predicted octanol–water partition coefficient (Wildman–Crippen LogP) is 3.32. The van der Waals surface area contributed by atoms with E-state index >= 15 is 0 Å². The summed E-state index contributed by atoms with van der Waals surface area (Å²) in [7, 11) is 1.61. The lowest BCUT2D eigenvalue weighted by Gasteiger charge is -2.32. The van der Waals surface area contributed by atoms with Gasteiger partial charge in [0.2, 0.25) is 0 Å². The molecule has 1 aromatic carbocycles. The zero-order valence-corrected chi connectivity index (χ0v) is 17.4. The summed E-state index contributed by atoms with van der Waals surface area (Å²) in [5.41, 5.74) is 1.93. The van der Waals surface area contributed by atoms with E-state index in [2.05, 4.69) is 36.1 Å². The van der Waals surface area contributed by atoms with Crippen LogP contribution in [0, 0.1) is 0 Å². The summed E-state index contributed by atoms with van der Waals surface area (Å²) in [4.78, 5) is 23.0. The lowest BCUT2D eigenvalue weighted by atomic mass is 10.1. The van der Waals surface area contributed by atoms with Crippen molar-refractivity contribution in [2.75, 3.05) is 20.2 Å². The topological polar surface area (TPSA) is 93.2 Å². The molecule has 3 heterocycles. The Morgan fingerprint density at radius 2 is 2.07 bits per heavy atom. The lowest BCUT2D eigenvalue weighted by Crippen LogP contribution is -2.44. The van der Waals surface area contributed by atoms with Gasteiger partial charge in [0.25, 0.3) is 5.91 Å². The Labute approximate surface area is 176 Å². The van der Waals surface area contributed by atoms with Crippen LogP contribution in [0.5, 0.6) is 11.8 Å². The Hall–Kier alpha value is -2.94. The van der Waals surface area contributed by atoms with Crippen molar-refractivity contribution in [3.05, 3.63) is 52.9 Å². The first-order valence-electron chi connectivity index (χ1n) is 9.26. The number of hydrogen-bond acceptors (Lipinski definition) is 6. The quantitative estimate of drug-likeness (QED) is 0.631. The molecule has 1 N–H and O–H groups in total. The first kappa shape index (κ1) is 19.4. The van der Waals surface area contributed by atoms with E-state index in [4.69, 9.17) is 9.47 Å². The van der Waals surface area contributed by atoms with Gasteiger partial charge in [-0.2, -0.15) is 5.10 Å². The molecule has 29 heavy (non-hydrogen) atoms. The summed E-state index contributed by atoms with van der Waals surface area (Å²) in [6, 6.07) is 9.64. The summed E-state index contributed by atoms with van der Waals surface area (Å²) in [6.07, 6.45) is 4.82. The number of ether oxygens (including phenoxy) is 2. The standard InChI is InChI=1S/C20H20BrN5O3/c1-28-18-7-3-2-6-15(18)16-9-17(25-24-16)19(27)26-8-4-5-14(12-26)29-20-22-10-13(21)11-23-20/h2-3,6-7,9-11,14H,4-5,8,12H2,1H3,(H,24,25). The number of para-hydroxylation sites is 1. The van der Waals surface area contributed by atoms with Crippen molar-refractivity contribution in [3.63, 3.8) is 0 Å². The molecule has 8 nitrogen and oxygen atoms in total. The number of benzene rings is 1. The normalized spacial score (nSPS) is 16.5. The van der Waals surface area contributed by atoms with Crippen LogP contribution >= 0.6 is 15.9 Å². The number of nitrogens with zero attached hydrogens (tertiary/aromatic N) is 4. The highest BCUT2D eigenvalue weighted by Gasteiger charge is 2.27. The fourth-order valence-electron chi connectivity index (χ4n) is 3.33. The number of methoxy groups -OCH3 is 1. The Balaban J connectivity index is 1.45. The van der Waals surface area contributed by atoms with Crippen LogP contribution in [-0.2, 0) is 0 Å². The van der Waals surface area contributed by atoms with Crippen LogP contribution in [0.25, 0.3) is 11.3 Å². The number of piperidine rings is 1. The summed E-state index contributed by atoms with van der Waals surface area (Å²) in [5, 5.41) is 7.15. The SMILES string of the molecule is COc1ccccc1-c1cc(C(=O)N2CCCC(Oc3ncc(Br)cn3)C2)[nH]n1. The lowest BCUT2D eigenvalue weighted by molar-refractivity contribution is 0.0510. The van der Waals surface area contributed by atoms with Crippen LogP contribution < -0.4 is 9.47 Å². The second kappa shape index (κ2) is 8.60. The fourth-order valence-corrected chi connectivity index (χ4v) is 3.53. The van der Waals surface area contributed by atoms with Crippen LogP contribution in [0.3, 0.4) is 0 Å². The van der Waals surface area contributed by atoms with Gasteiger partial charge in [-0.15, -0.1) is 0 Å². The molecule has 0 bridgehead atoms. The first-order chi connectivity index (χ1) is 14.1. The number of halogens is 1. The van der Waals surface area contributed by atoms with E-state index in [1.807, 2.05) is 24.3 Å². The summed E-state index contributed by atoms with van der Waals surface area (Å²) < 4.78 is 12.0. The largest absolute Gasteiger partial charge is 0.496 e. The van der Waals surface area contributed by atoms with Crippen LogP contribution in [0.15, 0.2) is 47.2 Å². The van der Waals surface area contributed by atoms with Gasteiger partial charge in [0, 0.05) is 24.5 Å². The van der Waals surface area contributed by atoms with Crippen LogP contribution in [0.2, 0.25) is 0 Å². The second-order valence-corrected chi connectivity index (χ2v) is 7.60. The Morgan fingerprint density at radius 3 is 2.86 bits per heavy atom. The maximum atomic E-state index is 13.0. The fraction of sp³-hybridized carbons (Fsp3) is 0.300. The molecule has 0 aliphatic carbocycles. The third kappa shape index (κ3) is 4.40. The van der Waals surface area contributed by atoms with Crippen molar-refractivity contribution >= 4 is 21.8 Å². The zero-order valence-electron chi connectivity index (χ0n) is 15.8. The van der Waals surface area contributed by atoms with Crippen LogP contribution in [0.4, 0.5) is 0 Å². The van der Waals surface area contributed by atoms with Gasteiger partial charge in [0.1, 0.15) is 17.5 Å². The molecule has 1 saturated heterocycles. The molecule has 1 aliphatic rings. The van der Waals surface area contributed by atoms with E-state index in [9.17, 15) is 4.79 Å². The first-order valence-corrected chi connectivity index (χ1v) is 10.1. The molecule has 0 saturated carbocycles. The molecule has 1 aliphatic heterocycles. The van der Waals surface area contributed by atoms with Crippen molar-refractivity contribution in [3.8, 4) is 23.0 Å². The smallest absolute Gasteiger partial charge is 0.316 e. The minimum atomic E-state index is -0.148. The van der Waals surface area contributed by atoms with Crippen molar-refractivity contribution in [1.82, 2.24) is 25.1 Å². The number of likely N-dealkylation sites (tertiary alicyclic amines) is 1. The molecule has 4 rings (SSSR count). The molecule has 9 heteroatoms. The molecule has 1 fully saturated rings. The maximum absolute atomic E-state index is 13.0. The van der Waals surface area contributed by atoms with E-state index in [1.165, 1.54) is 0 Å². The molecule has 0 spiro atoms. The number of hydrogen-bond donors (Lipinski definition) is 1. The predicted molar refractivity (Wildman–Crippen MR) is 110 cm³/mol. The number of rotatable bonds is 5. The van der Waals surface area contributed by atoms with Gasteiger partial charge >= 0.3 is 6.01 Å². The third-order valence-electron chi connectivity index (χ3n) is 4.73. The number of amides is 1. The summed E-state index contributed by atoms with van der Waals surface area (Å²) >= 11 is 3.30. The van der Waals surface area contributed by atoms with Gasteiger partial charge in [-0.3, -0.25) is 9.89 Å². The van der Waals surface area contributed by atoms with Gasteiger partial charge in [-0.1, -0.05) is 12.1 Å². The molecule has 0 radical (unpaired) electrons. The highest BCUT2D eigenvalue weighted by molar-refractivity contribution is 9.10. The average molecular weight is 458 g/mol. The molecule has 1 amide bonds. The highest BCUT2D eigenvalue weighted by atomic mass is 79.9. The minimum absolute atomic E-state index is 0.108. The third-order valence-corrected chi connectivity index (χ3v) is 5.13. The molecular weight excluding hydrogens is 438 g/mol. The highest BCUT2D eigenvalue weighted by Crippen LogP contribution is 2.28. The molecule has 150 valence electrons. The Morgan fingerprint density at radius 1 is 1.28 bits per heavy atom. The number of aromatic amines is 1. The van der Waals surface area contributed by atoms with E-state index in [0.717, 1.165) is 22.9 Å². The number of carbonyl (C=O) groups excluding carboxylic acids is 1. The van der Waals surface area contributed by atoms with Gasteiger partial charge in [0.05, 0.1) is 23.8 Å². The molecule has 3 aromatic rings.